The molecule has 2 aliphatic heterocycles. The first-order valence-corrected chi connectivity index (χ1v) is 8.32. The van der Waals surface area contributed by atoms with Gasteiger partial charge in [0, 0.05) is 18.5 Å². The van der Waals surface area contributed by atoms with Gasteiger partial charge in [0.1, 0.15) is 11.6 Å². The first-order valence-electron chi connectivity index (χ1n) is 8.32. The van der Waals surface area contributed by atoms with Crippen LogP contribution in [0.2, 0.25) is 0 Å². The second kappa shape index (κ2) is 8.34. The molecule has 138 valence electrons. The number of imidazole rings is 1. The van der Waals surface area contributed by atoms with Crippen LogP contribution in [0.4, 0.5) is 4.39 Å². The highest BCUT2D eigenvalue weighted by atomic mass is 35.5. The van der Waals surface area contributed by atoms with E-state index in [1.54, 1.807) is 6.07 Å². The van der Waals surface area contributed by atoms with Crippen molar-refractivity contribution in [1.82, 2.24) is 20.6 Å². The van der Waals surface area contributed by atoms with E-state index in [-0.39, 0.29) is 36.5 Å². The predicted octanol–water partition coefficient (Wildman–Crippen LogP) is 3.08. The first kappa shape index (κ1) is 19.9. The van der Waals surface area contributed by atoms with Gasteiger partial charge in [0.15, 0.2) is 0 Å². The third-order valence-electron chi connectivity index (χ3n) is 4.99. The van der Waals surface area contributed by atoms with E-state index in [0.29, 0.717) is 47.8 Å². The summed E-state index contributed by atoms with van der Waals surface area (Å²) in [4.78, 5) is 19.6. The van der Waals surface area contributed by atoms with Gasteiger partial charge in [-0.3, -0.25) is 4.79 Å². The van der Waals surface area contributed by atoms with Gasteiger partial charge in [0.2, 0.25) is 5.91 Å². The van der Waals surface area contributed by atoms with Crippen molar-refractivity contribution in [3.8, 4) is 0 Å². The second-order valence-corrected chi connectivity index (χ2v) is 6.80. The zero-order valence-corrected chi connectivity index (χ0v) is 15.4. The number of hydrogen-bond donors (Lipinski definition) is 3. The zero-order valence-electron chi connectivity index (χ0n) is 13.8. The molecule has 0 aliphatic carbocycles. The van der Waals surface area contributed by atoms with E-state index in [1.165, 1.54) is 25.0 Å². The van der Waals surface area contributed by atoms with Gasteiger partial charge in [-0.15, -0.1) is 24.8 Å². The zero-order chi connectivity index (χ0) is 15.8. The normalized spacial score (nSPS) is 24.4. The van der Waals surface area contributed by atoms with E-state index >= 15 is 0 Å². The van der Waals surface area contributed by atoms with Crippen LogP contribution in [0.3, 0.4) is 0 Å². The number of aromatic amines is 1. The average Bonchev–Trinajstić information content (AvgIpc) is 3.07. The number of nitrogens with one attached hydrogen (secondary N) is 3. The summed E-state index contributed by atoms with van der Waals surface area (Å²) >= 11 is 0. The minimum atomic E-state index is -0.294. The molecule has 2 aromatic rings. The van der Waals surface area contributed by atoms with Crippen molar-refractivity contribution in [3.63, 3.8) is 0 Å². The molecule has 25 heavy (non-hydrogen) atoms. The lowest BCUT2D eigenvalue weighted by atomic mass is 9.89. The third-order valence-corrected chi connectivity index (χ3v) is 4.99. The standard InChI is InChI=1S/C17H21FN4O.2ClH/c18-11-1-4-14-15(8-11)22-16(21-14)9-19-17(23)7-10-5-12-2-3-13(6-10)20-12;;/h1,4,8,10,12-13,20H,2-3,5-7,9H2,(H,19,23)(H,21,22);2*1H. The van der Waals surface area contributed by atoms with Gasteiger partial charge in [-0.2, -0.15) is 0 Å². The van der Waals surface area contributed by atoms with Crippen LogP contribution < -0.4 is 10.6 Å². The van der Waals surface area contributed by atoms with Gasteiger partial charge in [0.05, 0.1) is 17.6 Å². The van der Waals surface area contributed by atoms with Gasteiger partial charge < -0.3 is 15.6 Å². The van der Waals surface area contributed by atoms with E-state index in [9.17, 15) is 9.18 Å². The van der Waals surface area contributed by atoms with Crippen molar-refractivity contribution >= 4 is 41.8 Å². The molecular formula is C17H23Cl2FN4O. The Bertz CT molecular complexity index is 727. The summed E-state index contributed by atoms with van der Waals surface area (Å²) in [6, 6.07) is 5.65. The molecule has 5 nitrogen and oxygen atoms in total. The number of piperidine rings is 1. The summed E-state index contributed by atoms with van der Waals surface area (Å²) in [5, 5.41) is 6.52. The van der Waals surface area contributed by atoms with Crippen LogP contribution in [0, 0.1) is 11.7 Å². The second-order valence-electron chi connectivity index (χ2n) is 6.80. The molecular weight excluding hydrogens is 366 g/mol. The van der Waals surface area contributed by atoms with Gasteiger partial charge in [-0.25, -0.2) is 9.37 Å². The third kappa shape index (κ3) is 4.63. The maximum Gasteiger partial charge on any atom is 0.220 e. The Labute approximate surface area is 158 Å². The van der Waals surface area contributed by atoms with Gasteiger partial charge >= 0.3 is 0 Å². The predicted molar refractivity (Wildman–Crippen MR) is 99.7 cm³/mol. The van der Waals surface area contributed by atoms with Crippen molar-refractivity contribution in [3.05, 3.63) is 29.8 Å². The van der Waals surface area contributed by atoms with E-state index < -0.39 is 0 Å². The molecule has 2 fully saturated rings. The van der Waals surface area contributed by atoms with Crippen LogP contribution in [0.5, 0.6) is 0 Å². The fourth-order valence-corrected chi connectivity index (χ4v) is 3.98. The number of halogens is 3. The van der Waals surface area contributed by atoms with Crippen LogP contribution in [-0.4, -0.2) is 28.0 Å². The molecule has 1 amide bonds. The summed E-state index contributed by atoms with van der Waals surface area (Å²) < 4.78 is 13.2. The molecule has 8 heteroatoms. The molecule has 2 saturated heterocycles. The van der Waals surface area contributed by atoms with Crippen LogP contribution >= 0.6 is 24.8 Å². The first-order chi connectivity index (χ1) is 11.2. The summed E-state index contributed by atoms with van der Waals surface area (Å²) in [6.07, 6.45) is 5.29. The Balaban J connectivity index is 0.00000113. The number of carbonyl (C=O) groups is 1. The molecule has 2 atom stereocenters. The van der Waals surface area contributed by atoms with Crippen LogP contribution in [0.15, 0.2) is 18.2 Å². The van der Waals surface area contributed by atoms with Gasteiger partial charge in [0.25, 0.3) is 0 Å². The van der Waals surface area contributed by atoms with E-state index in [1.807, 2.05) is 0 Å². The van der Waals surface area contributed by atoms with E-state index in [0.717, 1.165) is 12.8 Å². The number of H-pyrrole nitrogens is 1. The number of nitrogens with zero attached hydrogens (tertiary/aromatic N) is 1. The number of hydrogen-bond acceptors (Lipinski definition) is 3. The number of rotatable bonds is 4. The number of benzene rings is 1. The molecule has 1 aromatic heterocycles. The van der Waals surface area contributed by atoms with Crippen LogP contribution in [0.25, 0.3) is 11.0 Å². The SMILES string of the molecule is Cl.Cl.O=C(CC1CC2CCC(C1)N2)NCc1nc2ccc(F)cc2[nH]1. The lowest BCUT2D eigenvalue weighted by molar-refractivity contribution is -0.122. The highest BCUT2D eigenvalue weighted by Crippen LogP contribution is 2.32. The van der Waals surface area contributed by atoms with Crippen molar-refractivity contribution in [1.29, 1.82) is 0 Å². The highest BCUT2D eigenvalue weighted by molar-refractivity contribution is 5.85. The number of amides is 1. The van der Waals surface area contributed by atoms with Crippen molar-refractivity contribution in [2.75, 3.05) is 0 Å². The maximum atomic E-state index is 13.2. The van der Waals surface area contributed by atoms with Gasteiger partial charge in [-0.1, -0.05) is 0 Å². The van der Waals surface area contributed by atoms with E-state index in [4.69, 9.17) is 0 Å². The smallest absolute Gasteiger partial charge is 0.220 e. The lowest BCUT2D eigenvalue weighted by Crippen LogP contribution is -2.39. The minimum Gasteiger partial charge on any atom is -0.349 e. The summed E-state index contributed by atoms with van der Waals surface area (Å²) in [5.41, 5.74) is 1.37. The number of aromatic nitrogens is 2. The quantitative estimate of drug-likeness (QED) is 0.753. The Morgan fingerprint density at radius 1 is 1.24 bits per heavy atom. The van der Waals surface area contributed by atoms with Crippen LogP contribution in [-0.2, 0) is 11.3 Å². The number of carbonyl (C=O) groups excluding carboxylic acids is 1. The van der Waals surface area contributed by atoms with Crippen molar-refractivity contribution in [2.24, 2.45) is 5.92 Å². The summed E-state index contributed by atoms with van der Waals surface area (Å²) in [7, 11) is 0. The van der Waals surface area contributed by atoms with E-state index in [2.05, 4.69) is 20.6 Å². The molecule has 2 bridgehead atoms. The molecule has 2 aliphatic rings. The molecule has 2 unspecified atom stereocenters. The average molecular weight is 389 g/mol. The Kier molecular flexibility index (Phi) is 6.65. The molecule has 0 spiro atoms. The Morgan fingerprint density at radius 2 is 1.96 bits per heavy atom. The van der Waals surface area contributed by atoms with Crippen LogP contribution in [0.1, 0.15) is 37.9 Å². The molecule has 0 radical (unpaired) electrons. The minimum absolute atomic E-state index is 0. The van der Waals surface area contributed by atoms with Gasteiger partial charge in [-0.05, 0) is 49.8 Å². The fourth-order valence-electron chi connectivity index (χ4n) is 3.98. The molecule has 4 rings (SSSR count). The highest BCUT2D eigenvalue weighted by Gasteiger charge is 2.34. The molecule has 1 aromatic carbocycles. The summed E-state index contributed by atoms with van der Waals surface area (Å²) in [5.74, 6) is 0.919. The topological polar surface area (TPSA) is 69.8 Å². The Morgan fingerprint density at radius 3 is 2.68 bits per heavy atom. The van der Waals surface area contributed by atoms with Crippen molar-refractivity contribution in [2.45, 2.75) is 50.7 Å². The lowest BCUT2D eigenvalue weighted by Gasteiger charge is -2.28. The monoisotopic (exact) mass is 388 g/mol. The summed E-state index contributed by atoms with van der Waals surface area (Å²) in [6.45, 7) is 0.354. The molecule has 0 saturated carbocycles. The number of fused-ring (bicyclic) bond motifs is 3. The molecule has 3 heterocycles. The molecule has 3 N–H and O–H groups in total. The maximum absolute atomic E-state index is 13.2. The largest absolute Gasteiger partial charge is 0.349 e. The Hall–Kier alpha value is -1.37. The fraction of sp³-hybridized carbons (Fsp3) is 0.529. The van der Waals surface area contributed by atoms with Crippen molar-refractivity contribution < 1.29 is 9.18 Å².